The monoisotopic (exact) mass is 264 g/mol. The van der Waals surface area contributed by atoms with Crippen molar-refractivity contribution in [1.29, 1.82) is 0 Å². The molecular formula is C13H16N2O2S. The first-order chi connectivity index (χ1) is 8.42. The molecule has 2 aromatic rings. The number of sulfonamides is 1. The lowest BCUT2D eigenvalue weighted by atomic mass is 10.1. The lowest BCUT2D eigenvalue weighted by Gasteiger charge is -2.09. The normalized spacial score (nSPS) is 19.3. The van der Waals surface area contributed by atoms with Gasteiger partial charge in [-0.3, -0.25) is 0 Å². The zero-order valence-electron chi connectivity index (χ0n) is 10.4. The molecule has 3 rings (SSSR count). The van der Waals surface area contributed by atoms with E-state index >= 15 is 0 Å². The molecule has 0 spiro atoms. The highest BCUT2D eigenvalue weighted by atomic mass is 32.2. The molecular weight excluding hydrogens is 248 g/mol. The summed E-state index contributed by atoms with van der Waals surface area (Å²) in [5, 5.41) is 1.22. The molecule has 1 aliphatic rings. The Balaban J connectivity index is 1.97. The minimum atomic E-state index is -3.13. The van der Waals surface area contributed by atoms with Crippen LogP contribution in [0.4, 0.5) is 0 Å². The largest absolute Gasteiger partial charge is 0.358 e. The summed E-state index contributed by atoms with van der Waals surface area (Å²) in [7, 11) is -3.13. The molecule has 0 amide bonds. The number of aromatic amines is 1. The maximum absolute atomic E-state index is 11.3. The summed E-state index contributed by atoms with van der Waals surface area (Å²) in [5.74, 6) is 0. The molecule has 18 heavy (non-hydrogen) atoms. The van der Waals surface area contributed by atoms with Gasteiger partial charge in [-0.05, 0) is 31.0 Å². The quantitative estimate of drug-likeness (QED) is 0.863. The number of aromatic nitrogens is 1. The van der Waals surface area contributed by atoms with E-state index in [1.807, 2.05) is 0 Å². The molecule has 0 saturated carbocycles. The third kappa shape index (κ3) is 2.04. The number of H-pyrrole nitrogens is 1. The van der Waals surface area contributed by atoms with Crippen LogP contribution in [0.3, 0.4) is 0 Å². The molecule has 0 radical (unpaired) electrons. The van der Waals surface area contributed by atoms with Crippen LogP contribution in [0.5, 0.6) is 0 Å². The minimum Gasteiger partial charge on any atom is -0.358 e. The van der Waals surface area contributed by atoms with Gasteiger partial charge in [0.15, 0.2) is 0 Å². The summed E-state index contributed by atoms with van der Waals surface area (Å²) in [6.07, 6.45) is 2.73. The number of rotatable bonds is 2. The summed E-state index contributed by atoms with van der Waals surface area (Å²) in [4.78, 5) is 3.38. The molecule has 0 fully saturated rings. The van der Waals surface area contributed by atoms with Gasteiger partial charge in [0, 0.05) is 29.1 Å². The van der Waals surface area contributed by atoms with Crippen molar-refractivity contribution in [3.8, 4) is 0 Å². The van der Waals surface area contributed by atoms with E-state index in [0.717, 1.165) is 24.1 Å². The SMILES string of the molecule is Cc1ccc2[nH]c3c(c2c1)CC(NS(C)(=O)=O)C3. The van der Waals surface area contributed by atoms with Crippen LogP contribution in [-0.2, 0) is 22.9 Å². The number of aryl methyl sites for hydroxylation is 1. The molecule has 0 bridgehead atoms. The van der Waals surface area contributed by atoms with Crippen LogP contribution in [0.25, 0.3) is 10.9 Å². The lowest BCUT2D eigenvalue weighted by Crippen LogP contribution is -2.34. The van der Waals surface area contributed by atoms with Crippen molar-refractivity contribution in [1.82, 2.24) is 9.71 Å². The number of hydrogen-bond acceptors (Lipinski definition) is 2. The fraction of sp³-hybridized carbons (Fsp3) is 0.385. The third-order valence-corrected chi connectivity index (χ3v) is 4.19. The summed E-state index contributed by atoms with van der Waals surface area (Å²) < 4.78 is 25.2. The number of benzene rings is 1. The summed E-state index contributed by atoms with van der Waals surface area (Å²) in [5.41, 5.74) is 4.79. The highest BCUT2D eigenvalue weighted by Gasteiger charge is 2.27. The van der Waals surface area contributed by atoms with Crippen molar-refractivity contribution in [3.05, 3.63) is 35.0 Å². The first-order valence-electron chi connectivity index (χ1n) is 6.00. The molecule has 0 aliphatic heterocycles. The van der Waals surface area contributed by atoms with Crippen molar-refractivity contribution in [2.45, 2.75) is 25.8 Å². The van der Waals surface area contributed by atoms with E-state index in [1.54, 1.807) is 0 Å². The number of hydrogen-bond donors (Lipinski definition) is 2. The Morgan fingerprint density at radius 2 is 2.11 bits per heavy atom. The Kier molecular flexibility index (Phi) is 2.50. The van der Waals surface area contributed by atoms with Crippen LogP contribution >= 0.6 is 0 Å². The molecule has 4 nitrogen and oxygen atoms in total. The van der Waals surface area contributed by atoms with Crippen LogP contribution in [0, 0.1) is 6.92 Å². The predicted molar refractivity (Wildman–Crippen MR) is 72.2 cm³/mol. The molecule has 2 N–H and O–H groups in total. The van der Waals surface area contributed by atoms with Crippen molar-refractivity contribution in [3.63, 3.8) is 0 Å². The van der Waals surface area contributed by atoms with Crippen LogP contribution in [0.2, 0.25) is 0 Å². The van der Waals surface area contributed by atoms with Crippen LogP contribution in [-0.4, -0.2) is 25.7 Å². The van der Waals surface area contributed by atoms with Gasteiger partial charge in [-0.1, -0.05) is 11.6 Å². The molecule has 1 unspecified atom stereocenters. The first kappa shape index (κ1) is 11.7. The van der Waals surface area contributed by atoms with Crippen molar-refractivity contribution in [2.75, 3.05) is 6.26 Å². The maximum atomic E-state index is 11.3. The van der Waals surface area contributed by atoms with Gasteiger partial charge in [-0.15, -0.1) is 0 Å². The van der Waals surface area contributed by atoms with Gasteiger partial charge >= 0.3 is 0 Å². The summed E-state index contributed by atoms with van der Waals surface area (Å²) >= 11 is 0. The van der Waals surface area contributed by atoms with Crippen LogP contribution in [0.15, 0.2) is 18.2 Å². The molecule has 1 aromatic heterocycles. The Morgan fingerprint density at radius 1 is 1.33 bits per heavy atom. The van der Waals surface area contributed by atoms with Gasteiger partial charge in [0.1, 0.15) is 0 Å². The fourth-order valence-electron chi connectivity index (χ4n) is 2.78. The number of fused-ring (bicyclic) bond motifs is 3. The zero-order chi connectivity index (χ0) is 12.9. The molecule has 1 aliphatic carbocycles. The van der Waals surface area contributed by atoms with E-state index in [1.165, 1.54) is 22.8 Å². The smallest absolute Gasteiger partial charge is 0.208 e. The second-order valence-corrected chi connectivity index (χ2v) is 6.91. The highest BCUT2D eigenvalue weighted by molar-refractivity contribution is 7.88. The van der Waals surface area contributed by atoms with Gasteiger partial charge in [0.05, 0.1) is 6.26 Å². The van der Waals surface area contributed by atoms with E-state index in [2.05, 4.69) is 34.8 Å². The van der Waals surface area contributed by atoms with Crippen molar-refractivity contribution >= 4 is 20.9 Å². The summed E-state index contributed by atoms with van der Waals surface area (Å²) in [6.45, 7) is 2.07. The van der Waals surface area contributed by atoms with Gasteiger partial charge in [-0.25, -0.2) is 13.1 Å². The zero-order valence-corrected chi connectivity index (χ0v) is 11.3. The second-order valence-electron chi connectivity index (χ2n) is 5.13. The van der Waals surface area contributed by atoms with Crippen molar-refractivity contribution < 1.29 is 8.42 Å². The predicted octanol–water partition coefficient (Wildman–Crippen LogP) is 1.49. The molecule has 1 atom stereocenters. The maximum Gasteiger partial charge on any atom is 0.208 e. The lowest BCUT2D eigenvalue weighted by molar-refractivity contribution is 0.560. The third-order valence-electron chi connectivity index (χ3n) is 3.43. The molecule has 5 heteroatoms. The van der Waals surface area contributed by atoms with E-state index in [9.17, 15) is 8.42 Å². The Labute approximate surface area is 106 Å². The highest BCUT2D eigenvalue weighted by Crippen LogP contribution is 2.30. The average molecular weight is 264 g/mol. The second kappa shape index (κ2) is 3.83. The molecule has 1 heterocycles. The van der Waals surface area contributed by atoms with E-state index in [0.29, 0.717) is 0 Å². The molecule has 0 saturated heterocycles. The van der Waals surface area contributed by atoms with E-state index in [4.69, 9.17) is 0 Å². The van der Waals surface area contributed by atoms with Gasteiger partial charge in [0.2, 0.25) is 10.0 Å². The molecule has 96 valence electrons. The van der Waals surface area contributed by atoms with E-state index < -0.39 is 10.0 Å². The Hall–Kier alpha value is -1.33. The standard InChI is InChI=1S/C13H16N2O2S/c1-8-3-4-12-10(5-8)11-6-9(7-13(11)14-12)15-18(2,16)17/h3-5,9,14-15H,6-7H2,1-2H3. The van der Waals surface area contributed by atoms with Gasteiger partial charge in [0.25, 0.3) is 0 Å². The van der Waals surface area contributed by atoms with Gasteiger partial charge in [-0.2, -0.15) is 0 Å². The Morgan fingerprint density at radius 3 is 2.83 bits per heavy atom. The Bertz CT molecular complexity index is 716. The minimum absolute atomic E-state index is 0.00818. The molecule has 1 aromatic carbocycles. The van der Waals surface area contributed by atoms with Crippen molar-refractivity contribution in [2.24, 2.45) is 0 Å². The van der Waals surface area contributed by atoms with Crippen LogP contribution < -0.4 is 4.72 Å². The average Bonchev–Trinajstić information content (AvgIpc) is 2.73. The fourth-order valence-corrected chi connectivity index (χ4v) is 3.55. The number of nitrogens with one attached hydrogen (secondary N) is 2. The van der Waals surface area contributed by atoms with Gasteiger partial charge < -0.3 is 4.98 Å². The van der Waals surface area contributed by atoms with Crippen LogP contribution in [0.1, 0.15) is 16.8 Å². The van der Waals surface area contributed by atoms with E-state index in [-0.39, 0.29) is 6.04 Å². The first-order valence-corrected chi connectivity index (χ1v) is 7.89. The summed E-state index contributed by atoms with van der Waals surface area (Å²) in [6, 6.07) is 6.32. The topological polar surface area (TPSA) is 62.0 Å².